The number of rotatable bonds is 5. The molecule has 2 aromatic rings. The molecule has 20 heavy (non-hydrogen) atoms. The van der Waals surface area contributed by atoms with Crippen LogP contribution in [-0.2, 0) is 6.42 Å². The third kappa shape index (κ3) is 3.54. The Morgan fingerprint density at radius 2 is 2.10 bits per heavy atom. The van der Waals surface area contributed by atoms with Crippen LogP contribution in [0.4, 0.5) is 10.2 Å². The van der Waals surface area contributed by atoms with Gasteiger partial charge in [-0.15, -0.1) is 0 Å². The van der Waals surface area contributed by atoms with Crippen LogP contribution in [0.3, 0.4) is 0 Å². The molecular weight excluding hydrogens is 253 g/mol. The first-order valence-electron chi connectivity index (χ1n) is 6.80. The summed E-state index contributed by atoms with van der Waals surface area (Å²) in [7, 11) is 0. The summed E-state index contributed by atoms with van der Waals surface area (Å²) in [5, 5.41) is 3.39. The molecule has 0 spiro atoms. The molecule has 2 rings (SSSR count). The molecule has 1 heterocycles. The quantitative estimate of drug-likeness (QED) is 0.880. The van der Waals surface area contributed by atoms with Gasteiger partial charge in [0.15, 0.2) is 0 Å². The zero-order valence-electron chi connectivity index (χ0n) is 11.9. The number of nitrogens with zero attached hydrogens (tertiary/aromatic N) is 1. The summed E-state index contributed by atoms with van der Waals surface area (Å²) in [6, 6.07) is 9.25. The van der Waals surface area contributed by atoms with E-state index in [0.29, 0.717) is 11.4 Å². The predicted molar refractivity (Wildman–Crippen MR) is 79.9 cm³/mol. The van der Waals surface area contributed by atoms with Crippen molar-refractivity contribution in [2.45, 2.75) is 26.3 Å². The van der Waals surface area contributed by atoms with Gasteiger partial charge in [0.25, 0.3) is 0 Å². The lowest BCUT2D eigenvalue weighted by atomic mass is 9.98. The molecule has 0 aliphatic heterocycles. The van der Waals surface area contributed by atoms with Crippen molar-refractivity contribution >= 4 is 5.82 Å². The Morgan fingerprint density at radius 3 is 2.75 bits per heavy atom. The van der Waals surface area contributed by atoms with E-state index in [1.54, 1.807) is 19.2 Å². The number of hydrogen-bond donors (Lipinski definition) is 2. The molecule has 1 atom stereocenters. The smallest absolute Gasteiger partial charge is 0.126 e. The molecule has 0 aliphatic carbocycles. The molecule has 1 unspecified atom stereocenters. The summed E-state index contributed by atoms with van der Waals surface area (Å²) in [6.45, 7) is 4.63. The average molecular weight is 273 g/mol. The average Bonchev–Trinajstić information content (AvgIpc) is 2.41. The second-order valence-corrected chi connectivity index (χ2v) is 4.91. The molecule has 0 saturated carbocycles. The maximum absolute atomic E-state index is 13.7. The SMILES string of the molecule is CCNC(Cc1ccnc(N)c1)c1ccc(C)c(F)c1. The Hall–Kier alpha value is -1.94. The molecule has 3 nitrogen and oxygen atoms in total. The number of nitrogen functional groups attached to an aromatic ring is 1. The lowest BCUT2D eigenvalue weighted by Crippen LogP contribution is -2.23. The van der Waals surface area contributed by atoms with Crippen LogP contribution in [0.1, 0.15) is 29.7 Å². The number of anilines is 1. The summed E-state index contributed by atoms with van der Waals surface area (Å²) in [6.07, 6.45) is 2.45. The van der Waals surface area contributed by atoms with Crippen LogP contribution in [0.15, 0.2) is 36.5 Å². The highest BCUT2D eigenvalue weighted by Crippen LogP contribution is 2.21. The van der Waals surface area contributed by atoms with Crippen molar-refractivity contribution in [3.63, 3.8) is 0 Å². The van der Waals surface area contributed by atoms with Crippen LogP contribution >= 0.6 is 0 Å². The zero-order chi connectivity index (χ0) is 14.5. The predicted octanol–water partition coefficient (Wildman–Crippen LogP) is 3.00. The minimum atomic E-state index is -0.167. The van der Waals surface area contributed by atoms with Gasteiger partial charge in [-0.1, -0.05) is 19.1 Å². The number of benzene rings is 1. The van der Waals surface area contributed by atoms with Crippen molar-refractivity contribution in [1.82, 2.24) is 10.3 Å². The van der Waals surface area contributed by atoms with Crippen molar-refractivity contribution < 1.29 is 4.39 Å². The summed E-state index contributed by atoms with van der Waals surface area (Å²) < 4.78 is 13.7. The highest BCUT2D eigenvalue weighted by Gasteiger charge is 2.13. The van der Waals surface area contributed by atoms with E-state index in [4.69, 9.17) is 5.73 Å². The summed E-state index contributed by atoms with van der Waals surface area (Å²) in [5.41, 5.74) is 8.40. The van der Waals surface area contributed by atoms with Crippen molar-refractivity contribution in [3.05, 3.63) is 59.0 Å². The monoisotopic (exact) mass is 273 g/mol. The molecule has 1 aromatic carbocycles. The van der Waals surface area contributed by atoms with Gasteiger partial charge in [0, 0.05) is 12.2 Å². The Bertz CT molecular complexity index is 584. The molecule has 0 amide bonds. The topological polar surface area (TPSA) is 50.9 Å². The highest BCUT2D eigenvalue weighted by molar-refractivity contribution is 5.34. The van der Waals surface area contributed by atoms with Gasteiger partial charge < -0.3 is 11.1 Å². The van der Waals surface area contributed by atoms with Crippen molar-refractivity contribution in [1.29, 1.82) is 0 Å². The Morgan fingerprint density at radius 1 is 1.30 bits per heavy atom. The van der Waals surface area contributed by atoms with E-state index in [2.05, 4.69) is 10.3 Å². The Labute approximate surface area is 119 Å². The van der Waals surface area contributed by atoms with Crippen LogP contribution < -0.4 is 11.1 Å². The normalized spacial score (nSPS) is 12.3. The summed E-state index contributed by atoms with van der Waals surface area (Å²) >= 11 is 0. The molecule has 1 aromatic heterocycles. The Balaban J connectivity index is 2.24. The van der Waals surface area contributed by atoms with E-state index >= 15 is 0 Å². The fourth-order valence-corrected chi connectivity index (χ4v) is 2.24. The zero-order valence-corrected chi connectivity index (χ0v) is 11.9. The maximum atomic E-state index is 13.7. The molecule has 0 fully saturated rings. The van der Waals surface area contributed by atoms with Gasteiger partial charge in [0.2, 0.25) is 0 Å². The van der Waals surface area contributed by atoms with Gasteiger partial charge in [-0.05, 0) is 54.8 Å². The van der Waals surface area contributed by atoms with Crippen LogP contribution in [0.5, 0.6) is 0 Å². The summed E-state index contributed by atoms with van der Waals surface area (Å²) in [5.74, 6) is 0.340. The van der Waals surface area contributed by atoms with Gasteiger partial charge in [0.05, 0.1) is 0 Å². The number of nitrogens with two attached hydrogens (primary N) is 1. The van der Waals surface area contributed by atoms with Gasteiger partial charge in [-0.2, -0.15) is 0 Å². The number of hydrogen-bond acceptors (Lipinski definition) is 3. The van der Waals surface area contributed by atoms with Crippen LogP contribution in [0, 0.1) is 12.7 Å². The number of pyridine rings is 1. The van der Waals surface area contributed by atoms with Gasteiger partial charge in [0.1, 0.15) is 11.6 Å². The van der Waals surface area contributed by atoms with Crippen LogP contribution in [-0.4, -0.2) is 11.5 Å². The molecule has 106 valence electrons. The third-order valence-electron chi connectivity index (χ3n) is 3.33. The number of likely N-dealkylation sites (N-methyl/N-ethyl adjacent to an activating group) is 1. The second kappa shape index (κ2) is 6.48. The second-order valence-electron chi connectivity index (χ2n) is 4.91. The fourth-order valence-electron chi connectivity index (χ4n) is 2.24. The number of aromatic nitrogens is 1. The lowest BCUT2D eigenvalue weighted by Gasteiger charge is -2.19. The molecule has 0 aliphatic rings. The first-order valence-corrected chi connectivity index (χ1v) is 6.80. The molecule has 0 radical (unpaired) electrons. The first-order chi connectivity index (χ1) is 9.60. The number of halogens is 1. The minimum absolute atomic E-state index is 0.0666. The van der Waals surface area contributed by atoms with Crippen molar-refractivity contribution in [2.75, 3.05) is 12.3 Å². The largest absolute Gasteiger partial charge is 0.384 e. The van der Waals surface area contributed by atoms with E-state index in [-0.39, 0.29) is 11.9 Å². The fraction of sp³-hybridized carbons (Fsp3) is 0.312. The van der Waals surface area contributed by atoms with Crippen LogP contribution in [0.25, 0.3) is 0 Å². The molecular formula is C16H20FN3. The van der Waals surface area contributed by atoms with Gasteiger partial charge >= 0.3 is 0 Å². The maximum Gasteiger partial charge on any atom is 0.126 e. The standard InChI is InChI=1S/C16H20FN3/c1-3-19-15(8-12-6-7-20-16(18)9-12)13-5-4-11(2)14(17)10-13/h4-7,9-10,15,19H,3,8H2,1-2H3,(H2,18,20). The molecule has 0 bridgehead atoms. The third-order valence-corrected chi connectivity index (χ3v) is 3.33. The van der Waals surface area contributed by atoms with Crippen molar-refractivity contribution in [3.8, 4) is 0 Å². The van der Waals surface area contributed by atoms with E-state index in [0.717, 1.165) is 24.1 Å². The Kier molecular flexibility index (Phi) is 4.69. The summed E-state index contributed by atoms with van der Waals surface area (Å²) in [4.78, 5) is 3.99. The minimum Gasteiger partial charge on any atom is -0.384 e. The van der Waals surface area contributed by atoms with Crippen LogP contribution in [0.2, 0.25) is 0 Å². The molecule has 4 heteroatoms. The van der Waals surface area contributed by atoms with Crippen molar-refractivity contribution in [2.24, 2.45) is 0 Å². The van der Waals surface area contributed by atoms with E-state index in [1.165, 1.54) is 0 Å². The van der Waals surface area contributed by atoms with E-state index in [9.17, 15) is 4.39 Å². The van der Waals surface area contributed by atoms with Gasteiger partial charge in [-0.25, -0.2) is 9.37 Å². The highest BCUT2D eigenvalue weighted by atomic mass is 19.1. The first kappa shape index (κ1) is 14.5. The number of aryl methyl sites for hydroxylation is 1. The lowest BCUT2D eigenvalue weighted by molar-refractivity contribution is 0.541. The molecule has 3 N–H and O–H groups in total. The molecule has 0 saturated heterocycles. The number of nitrogens with one attached hydrogen (secondary N) is 1. The van der Waals surface area contributed by atoms with Gasteiger partial charge in [-0.3, -0.25) is 0 Å². The van der Waals surface area contributed by atoms with E-state index in [1.807, 2.05) is 31.2 Å². The van der Waals surface area contributed by atoms with E-state index < -0.39 is 0 Å².